The number of hydrogen-bond acceptors (Lipinski definition) is 5. The Morgan fingerprint density at radius 1 is 1.26 bits per heavy atom. The van der Waals surface area contributed by atoms with Crippen LogP contribution in [0.3, 0.4) is 0 Å². The standard InChI is InChI=1S/C17H19N3O3/c21-16(19-14-11-20-8-6-12(14)7-9-20)17-18-10-15(23-17)22-13-4-2-1-3-5-13/h1-5,10,12,14H,6-9,11H2,(H,19,21). The molecule has 0 radical (unpaired) electrons. The number of carbonyl (C=O) groups excluding carboxylic acids is 1. The van der Waals surface area contributed by atoms with E-state index in [1.807, 2.05) is 30.3 Å². The van der Waals surface area contributed by atoms with Gasteiger partial charge in [0.05, 0.1) is 0 Å². The van der Waals surface area contributed by atoms with E-state index < -0.39 is 0 Å². The van der Waals surface area contributed by atoms with Gasteiger partial charge in [0.15, 0.2) is 0 Å². The van der Waals surface area contributed by atoms with Crippen LogP contribution in [0.5, 0.6) is 11.7 Å². The van der Waals surface area contributed by atoms with Crippen LogP contribution < -0.4 is 10.1 Å². The third kappa shape index (κ3) is 3.07. The van der Waals surface area contributed by atoms with Gasteiger partial charge in [0.2, 0.25) is 0 Å². The zero-order valence-electron chi connectivity index (χ0n) is 12.8. The third-order valence-electron chi connectivity index (χ3n) is 4.61. The first-order valence-electron chi connectivity index (χ1n) is 8.00. The van der Waals surface area contributed by atoms with Crippen molar-refractivity contribution in [2.75, 3.05) is 19.6 Å². The van der Waals surface area contributed by atoms with Crippen molar-refractivity contribution in [3.05, 3.63) is 42.4 Å². The number of hydrogen-bond donors (Lipinski definition) is 1. The summed E-state index contributed by atoms with van der Waals surface area (Å²) < 4.78 is 10.9. The molecule has 1 aromatic carbocycles. The van der Waals surface area contributed by atoms with Gasteiger partial charge in [-0.25, -0.2) is 4.98 Å². The second-order valence-electron chi connectivity index (χ2n) is 6.12. The Morgan fingerprint density at radius 3 is 2.74 bits per heavy atom. The fourth-order valence-electron chi connectivity index (χ4n) is 3.37. The summed E-state index contributed by atoms with van der Waals surface area (Å²) in [5.74, 6) is 1.21. The van der Waals surface area contributed by atoms with Gasteiger partial charge in [-0.2, -0.15) is 0 Å². The molecule has 0 spiro atoms. The molecule has 3 fully saturated rings. The van der Waals surface area contributed by atoms with Crippen molar-refractivity contribution in [1.82, 2.24) is 15.2 Å². The number of ether oxygens (including phenoxy) is 1. The zero-order chi connectivity index (χ0) is 15.6. The van der Waals surface area contributed by atoms with E-state index in [9.17, 15) is 4.79 Å². The fourth-order valence-corrected chi connectivity index (χ4v) is 3.37. The Labute approximate surface area is 134 Å². The molecule has 2 aromatic rings. The molecule has 0 saturated carbocycles. The molecule has 4 heterocycles. The number of piperidine rings is 3. The number of carbonyl (C=O) groups is 1. The van der Waals surface area contributed by atoms with Crippen molar-refractivity contribution in [1.29, 1.82) is 0 Å². The maximum absolute atomic E-state index is 12.3. The van der Waals surface area contributed by atoms with Crippen molar-refractivity contribution >= 4 is 5.91 Å². The van der Waals surface area contributed by atoms with Crippen molar-refractivity contribution in [2.45, 2.75) is 18.9 Å². The molecule has 1 N–H and O–H groups in total. The van der Waals surface area contributed by atoms with E-state index in [0.29, 0.717) is 11.7 Å². The first-order chi connectivity index (χ1) is 11.3. The lowest BCUT2D eigenvalue weighted by molar-refractivity contribution is 0.0599. The summed E-state index contributed by atoms with van der Waals surface area (Å²) in [5.41, 5.74) is 0. The van der Waals surface area contributed by atoms with Crippen LogP contribution in [-0.4, -0.2) is 41.5 Å². The summed E-state index contributed by atoms with van der Waals surface area (Å²) in [7, 11) is 0. The third-order valence-corrected chi connectivity index (χ3v) is 4.61. The lowest BCUT2D eigenvalue weighted by atomic mass is 9.84. The molecule has 6 heteroatoms. The van der Waals surface area contributed by atoms with Gasteiger partial charge in [-0.1, -0.05) is 18.2 Å². The van der Waals surface area contributed by atoms with Crippen molar-refractivity contribution in [2.24, 2.45) is 5.92 Å². The van der Waals surface area contributed by atoms with Crippen LogP contribution in [0.25, 0.3) is 0 Å². The zero-order valence-corrected chi connectivity index (χ0v) is 12.8. The highest BCUT2D eigenvalue weighted by molar-refractivity contribution is 5.89. The molecular weight excluding hydrogens is 294 g/mol. The average Bonchev–Trinajstić information content (AvgIpc) is 3.05. The predicted molar refractivity (Wildman–Crippen MR) is 83.4 cm³/mol. The van der Waals surface area contributed by atoms with Crippen LogP contribution in [0.1, 0.15) is 23.5 Å². The molecule has 3 aliphatic rings. The van der Waals surface area contributed by atoms with E-state index in [2.05, 4.69) is 15.2 Å². The van der Waals surface area contributed by atoms with Crippen molar-refractivity contribution in [3.8, 4) is 11.7 Å². The van der Waals surface area contributed by atoms with Gasteiger partial charge >= 0.3 is 11.9 Å². The molecular formula is C17H19N3O3. The van der Waals surface area contributed by atoms with E-state index in [-0.39, 0.29) is 23.8 Å². The predicted octanol–water partition coefficient (Wildman–Crippen LogP) is 2.29. The number of aromatic nitrogens is 1. The van der Waals surface area contributed by atoms with Crippen molar-refractivity contribution < 1.29 is 13.9 Å². The second kappa shape index (κ2) is 6.04. The van der Waals surface area contributed by atoms with Gasteiger partial charge in [0.1, 0.15) is 11.9 Å². The van der Waals surface area contributed by atoms with Gasteiger partial charge in [0.25, 0.3) is 5.89 Å². The topological polar surface area (TPSA) is 67.6 Å². The highest BCUT2D eigenvalue weighted by Crippen LogP contribution is 2.28. The Morgan fingerprint density at radius 2 is 2.04 bits per heavy atom. The first-order valence-corrected chi connectivity index (χ1v) is 8.00. The summed E-state index contributed by atoms with van der Waals surface area (Å²) >= 11 is 0. The normalized spacial score (nSPS) is 26.0. The van der Waals surface area contributed by atoms with Gasteiger partial charge in [-0.3, -0.25) is 4.79 Å². The monoisotopic (exact) mass is 313 g/mol. The highest BCUT2D eigenvalue weighted by atomic mass is 16.6. The molecule has 5 rings (SSSR count). The molecule has 1 atom stereocenters. The fraction of sp³-hybridized carbons (Fsp3) is 0.412. The van der Waals surface area contributed by atoms with E-state index in [0.717, 1.165) is 32.5 Å². The molecule has 3 aliphatic heterocycles. The smallest absolute Gasteiger partial charge is 0.311 e. The Bertz CT molecular complexity index is 677. The van der Waals surface area contributed by atoms with Crippen LogP contribution in [0.15, 0.2) is 40.9 Å². The van der Waals surface area contributed by atoms with Gasteiger partial charge in [-0.15, -0.1) is 0 Å². The van der Waals surface area contributed by atoms with Crippen LogP contribution in [-0.2, 0) is 0 Å². The number of nitrogens with one attached hydrogen (secondary N) is 1. The summed E-state index contributed by atoms with van der Waals surface area (Å²) in [6.07, 6.45) is 3.73. The molecule has 1 amide bonds. The lowest BCUT2D eigenvalue weighted by Crippen LogP contribution is -2.57. The second-order valence-corrected chi connectivity index (χ2v) is 6.12. The van der Waals surface area contributed by atoms with Gasteiger partial charge in [0, 0.05) is 12.6 Å². The summed E-state index contributed by atoms with van der Waals surface area (Å²) in [4.78, 5) is 18.7. The van der Waals surface area contributed by atoms with E-state index >= 15 is 0 Å². The molecule has 0 aliphatic carbocycles. The number of rotatable bonds is 4. The largest absolute Gasteiger partial charge is 0.425 e. The molecule has 1 unspecified atom stereocenters. The first kappa shape index (κ1) is 14.3. The Balaban J connectivity index is 1.39. The quantitative estimate of drug-likeness (QED) is 0.938. The molecule has 2 bridgehead atoms. The Hall–Kier alpha value is -2.34. The summed E-state index contributed by atoms with van der Waals surface area (Å²) in [6, 6.07) is 9.46. The van der Waals surface area contributed by atoms with E-state index in [1.165, 1.54) is 6.20 Å². The van der Waals surface area contributed by atoms with Gasteiger partial charge in [-0.05, 0) is 44.0 Å². The number of amides is 1. The van der Waals surface area contributed by atoms with Crippen molar-refractivity contribution in [3.63, 3.8) is 0 Å². The summed E-state index contributed by atoms with van der Waals surface area (Å²) in [6.45, 7) is 3.21. The highest BCUT2D eigenvalue weighted by Gasteiger charge is 2.35. The molecule has 3 saturated heterocycles. The van der Waals surface area contributed by atoms with Gasteiger partial charge < -0.3 is 19.4 Å². The minimum Gasteiger partial charge on any atom is -0.425 e. The maximum atomic E-state index is 12.3. The number of oxazole rings is 1. The lowest BCUT2D eigenvalue weighted by Gasteiger charge is -2.44. The molecule has 1 aromatic heterocycles. The van der Waals surface area contributed by atoms with Crippen LogP contribution >= 0.6 is 0 Å². The number of para-hydroxylation sites is 1. The van der Waals surface area contributed by atoms with Crippen LogP contribution in [0.4, 0.5) is 0 Å². The molecule has 6 nitrogen and oxygen atoms in total. The molecule has 23 heavy (non-hydrogen) atoms. The number of fused-ring (bicyclic) bond motifs is 3. The summed E-state index contributed by atoms with van der Waals surface area (Å²) in [5, 5.41) is 3.05. The number of benzene rings is 1. The molecule has 120 valence electrons. The number of nitrogens with zero attached hydrogens (tertiary/aromatic N) is 2. The van der Waals surface area contributed by atoms with Crippen LogP contribution in [0, 0.1) is 5.92 Å². The minimum absolute atomic E-state index is 0.0485. The van der Waals surface area contributed by atoms with Crippen LogP contribution in [0.2, 0.25) is 0 Å². The maximum Gasteiger partial charge on any atom is 0.311 e. The minimum atomic E-state index is -0.272. The Kier molecular flexibility index (Phi) is 3.75. The van der Waals surface area contributed by atoms with E-state index in [1.54, 1.807) is 0 Å². The average molecular weight is 313 g/mol. The van der Waals surface area contributed by atoms with E-state index in [4.69, 9.17) is 9.15 Å². The SMILES string of the molecule is O=C(NC1CN2CCC1CC2)c1ncc(Oc2ccccc2)o1.